The molecule has 1 aliphatic carbocycles. The average molecular weight is 228 g/mol. The zero-order valence-corrected chi connectivity index (χ0v) is 9.09. The summed E-state index contributed by atoms with van der Waals surface area (Å²) in [7, 11) is 0. The number of hydrazine groups is 1. The van der Waals surface area contributed by atoms with Crippen molar-refractivity contribution in [3.63, 3.8) is 0 Å². The Kier molecular flexibility index (Phi) is 3.23. The molecule has 1 aromatic rings. The van der Waals surface area contributed by atoms with E-state index in [0.717, 1.165) is 12.5 Å². The van der Waals surface area contributed by atoms with Crippen LogP contribution in [-0.2, 0) is 0 Å². The molecule has 0 unspecified atom stereocenters. The summed E-state index contributed by atoms with van der Waals surface area (Å²) < 4.78 is 0. The summed E-state index contributed by atoms with van der Waals surface area (Å²) in [6, 6.07) is 0. The Balaban J connectivity index is 1.98. The van der Waals surface area contributed by atoms with Crippen LogP contribution in [0, 0.1) is 5.92 Å². The molecule has 1 aromatic heterocycles. The molecule has 5 nitrogen and oxygen atoms in total. The zero-order valence-electron chi connectivity index (χ0n) is 8.33. The van der Waals surface area contributed by atoms with Crippen molar-refractivity contribution in [2.24, 2.45) is 11.8 Å². The Labute approximate surface area is 93.4 Å². The van der Waals surface area contributed by atoms with E-state index in [1.165, 1.54) is 25.5 Å². The lowest BCUT2D eigenvalue weighted by molar-refractivity contribution is 0.333. The summed E-state index contributed by atoms with van der Waals surface area (Å²) >= 11 is 5.94. The summed E-state index contributed by atoms with van der Waals surface area (Å²) in [6.45, 7) is 0.917. The van der Waals surface area contributed by atoms with E-state index in [4.69, 9.17) is 17.4 Å². The van der Waals surface area contributed by atoms with Crippen LogP contribution in [0.1, 0.15) is 19.3 Å². The second-order valence-corrected chi connectivity index (χ2v) is 4.12. The molecule has 0 radical (unpaired) electrons. The van der Waals surface area contributed by atoms with Crippen LogP contribution in [0.15, 0.2) is 6.20 Å². The minimum atomic E-state index is 0.371. The fourth-order valence-electron chi connectivity index (χ4n) is 1.50. The van der Waals surface area contributed by atoms with Crippen LogP contribution in [-0.4, -0.2) is 16.5 Å². The van der Waals surface area contributed by atoms with Gasteiger partial charge in [0.15, 0.2) is 5.82 Å². The molecule has 0 aromatic carbocycles. The number of nitrogens with one attached hydrogen (secondary N) is 2. The Bertz CT molecular complexity index is 339. The number of rotatable bonds is 4. The molecular formula is C9H14ClN5. The molecule has 0 amide bonds. The van der Waals surface area contributed by atoms with E-state index in [0.29, 0.717) is 16.8 Å². The minimum Gasteiger partial charge on any atom is -0.368 e. The first kappa shape index (κ1) is 10.4. The second-order valence-electron chi connectivity index (χ2n) is 3.71. The summed E-state index contributed by atoms with van der Waals surface area (Å²) in [5.41, 5.74) is 2.39. The molecule has 0 aliphatic heterocycles. The van der Waals surface area contributed by atoms with Gasteiger partial charge in [0, 0.05) is 6.54 Å². The van der Waals surface area contributed by atoms with Crippen molar-refractivity contribution in [3.05, 3.63) is 11.2 Å². The topological polar surface area (TPSA) is 75.9 Å². The molecule has 1 fully saturated rings. The summed E-state index contributed by atoms with van der Waals surface area (Å²) in [4.78, 5) is 8.03. The summed E-state index contributed by atoms with van der Waals surface area (Å²) in [5.74, 6) is 6.99. The molecule has 1 aliphatic rings. The molecule has 1 saturated carbocycles. The summed E-state index contributed by atoms with van der Waals surface area (Å²) in [6.07, 6.45) is 5.45. The molecule has 0 saturated heterocycles. The minimum absolute atomic E-state index is 0.371. The monoisotopic (exact) mass is 227 g/mol. The van der Waals surface area contributed by atoms with Crippen LogP contribution in [0.5, 0.6) is 0 Å². The highest BCUT2D eigenvalue weighted by Crippen LogP contribution is 2.27. The lowest BCUT2D eigenvalue weighted by Crippen LogP contribution is -2.22. The number of aromatic nitrogens is 2. The first-order chi connectivity index (χ1) is 7.29. The normalized spacial score (nSPS) is 15.9. The Morgan fingerprint density at radius 2 is 2.33 bits per heavy atom. The van der Waals surface area contributed by atoms with Gasteiger partial charge in [-0.25, -0.2) is 10.8 Å². The van der Waals surface area contributed by atoms with E-state index in [9.17, 15) is 0 Å². The maximum Gasteiger partial charge on any atom is 0.239 e. The number of anilines is 2. The number of halogens is 1. The standard InChI is InChI=1S/C9H14ClN5/c10-7-5-13-9(15-11)14-8(7)12-4-6-2-1-3-6/h5-6H,1-4,11H2,(H2,12,13,14,15). The highest BCUT2D eigenvalue weighted by atomic mass is 35.5. The van der Waals surface area contributed by atoms with Crippen molar-refractivity contribution in [1.29, 1.82) is 0 Å². The Morgan fingerprint density at radius 1 is 1.53 bits per heavy atom. The lowest BCUT2D eigenvalue weighted by Gasteiger charge is -2.25. The van der Waals surface area contributed by atoms with Gasteiger partial charge < -0.3 is 5.32 Å². The summed E-state index contributed by atoms with van der Waals surface area (Å²) in [5, 5.41) is 3.73. The lowest BCUT2D eigenvalue weighted by atomic mass is 9.85. The van der Waals surface area contributed by atoms with Crippen molar-refractivity contribution < 1.29 is 0 Å². The van der Waals surface area contributed by atoms with E-state index < -0.39 is 0 Å². The van der Waals surface area contributed by atoms with Gasteiger partial charge in [-0.15, -0.1) is 0 Å². The van der Waals surface area contributed by atoms with E-state index in [1.807, 2.05) is 0 Å². The van der Waals surface area contributed by atoms with Crippen LogP contribution >= 0.6 is 11.6 Å². The number of nitrogens with two attached hydrogens (primary N) is 1. The highest BCUT2D eigenvalue weighted by Gasteiger charge is 2.17. The van der Waals surface area contributed by atoms with Crippen molar-refractivity contribution >= 4 is 23.4 Å². The quantitative estimate of drug-likeness (QED) is 0.539. The predicted molar refractivity (Wildman–Crippen MR) is 60.7 cm³/mol. The third kappa shape index (κ3) is 2.49. The first-order valence-corrected chi connectivity index (χ1v) is 5.40. The number of hydrogen-bond acceptors (Lipinski definition) is 5. The molecule has 0 bridgehead atoms. The van der Waals surface area contributed by atoms with Crippen molar-refractivity contribution in [2.75, 3.05) is 17.3 Å². The van der Waals surface area contributed by atoms with Gasteiger partial charge >= 0.3 is 0 Å². The largest absolute Gasteiger partial charge is 0.368 e. The van der Waals surface area contributed by atoms with Crippen LogP contribution in [0.2, 0.25) is 5.02 Å². The van der Waals surface area contributed by atoms with Crippen molar-refractivity contribution in [1.82, 2.24) is 9.97 Å². The third-order valence-corrected chi connectivity index (χ3v) is 2.93. The molecule has 1 heterocycles. The van der Waals surface area contributed by atoms with Gasteiger partial charge in [0.1, 0.15) is 5.02 Å². The number of nitrogens with zero attached hydrogens (tertiary/aromatic N) is 2. The average Bonchev–Trinajstić information content (AvgIpc) is 2.18. The van der Waals surface area contributed by atoms with Crippen molar-refractivity contribution in [2.45, 2.75) is 19.3 Å². The van der Waals surface area contributed by atoms with Crippen LogP contribution < -0.4 is 16.6 Å². The molecule has 82 valence electrons. The molecule has 4 N–H and O–H groups in total. The molecule has 0 spiro atoms. The Morgan fingerprint density at radius 3 is 2.93 bits per heavy atom. The molecule has 15 heavy (non-hydrogen) atoms. The predicted octanol–water partition coefficient (Wildman–Crippen LogP) is 1.63. The van der Waals surface area contributed by atoms with Crippen LogP contribution in [0.3, 0.4) is 0 Å². The van der Waals surface area contributed by atoms with E-state index in [-0.39, 0.29) is 0 Å². The van der Waals surface area contributed by atoms with Gasteiger partial charge in [-0.05, 0) is 18.8 Å². The molecule has 2 rings (SSSR count). The molecule has 0 atom stereocenters. The second kappa shape index (κ2) is 4.63. The third-order valence-electron chi connectivity index (χ3n) is 2.66. The van der Waals surface area contributed by atoms with Gasteiger partial charge in [-0.3, -0.25) is 5.43 Å². The molecular weight excluding hydrogens is 214 g/mol. The number of nitrogen functional groups attached to an aromatic ring is 1. The fraction of sp³-hybridized carbons (Fsp3) is 0.556. The van der Waals surface area contributed by atoms with Crippen molar-refractivity contribution in [3.8, 4) is 0 Å². The highest BCUT2D eigenvalue weighted by molar-refractivity contribution is 6.32. The van der Waals surface area contributed by atoms with Gasteiger partial charge in [0.2, 0.25) is 5.95 Å². The number of hydrogen-bond donors (Lipinski definition) is 3. The van der Waals surface area contributed by atoms with Gasteiger partial charge in [0.25, 0.3) is 0 Å². The van der Waals surface area contributed by atoms with E-state index in [1.54, 1.807) is 0 Å². The van der Waals surface area contributed by atoms with Crippen LogP contribution in [0.25, 0.3) is 0 Å². The van der Waals surface area contributed by atoms with Gasteiger partial charge in [0.05, 0.1) is 6.20 Å². The van der Waals surface area contributed by atoms with Crippen LogP contribution in [0.4, 0.5) is 11.8 Å². The van der Waals surface area contributed by atoms with E-state index in [2.05, 4.69) is 20.7 Å². The maximum absolute atomic E-state index is 5.94. The van der Waals surface area contributed by atoms with Gasteiger partial charge in [-0.2, -0.15) is 4.98 Å². The Hall–Kier alpha value is -1.07. The fourth-order valence-corrected chi connectivity index (χ4v) is 1.66. The SMILES string of the molecule is NNc1ncc(Cl)c(NCC2CCC2)n1. The zero-order chi connectivity index (χ0) is 10.7. The first-order valence-electron chi connectivity index (χ1n) is 5.02. The maximum atomic E-state index is 5.94. The van der Waals surface area contributed by atoms with E-state index >= 15 is 0 Å². The molecule has 6 heteroatoms. The van der Waals surface area contributed by atoms with Gasteiger partial charge in [-0.1, -0.05) is 18.0 Å². The smallest absolute Gasteiger partial charge is 0.239 e.